The number of benzene rings is 1. The molecular weight excluding hydrogens is 276 g/mol. The summed E-state index contributed by atoms with van der Waals surface area (Å²) in [6.07, 6.45) is 1.45. The SMILES string of the molecule is Cc1cc([N+](=O)[O-])ccc1Oc1cc(/C(N)=N/O)ccn1. The highest BCUT2D eigenvalue weighted by Gasteiger charge is 2.10. The van der Waals surface area contributed by atoms with Crippen LogP contribution in [0.15, 0.2) is 41.7 Å². The van der Waals surface area contributed by atoms with Crippen LogP contribution in [0.1, 0.15) is 11.1 Å². The lowest BCUT2D eigenvalue weighted by Crippen LogP contribution is -2.13. The van der Waals surface area contributed by atoms with E-state index in [2.05, 4.69) is 10.1 Å². The summed E-state index contributed by atoms with van der Waals surface area (Å²) in [5.41, 5.74) is 6.51. The second kappa shape index (κ2) is 5.87. The molecule has 0 amide bonds. The largest absolute Gasteiger partial charge is 0.439 e. The summed E-state index contributed by atoms with van der Waals surface area (Å²) in [6, 6.07) is 7.30. The van der Waals surface area contributed by atoms with E-state index < -0.39 is 4.92 Å². The van der Waals surface area contributed by atoms with Crippen molar-refractivity contribution >= 4 is 11.5 Å². The molecule has 108 valence electrons. The van der Waals surface area contributed by atoms with Crippen LogP contribution in [0.3, 0.4) is 0 Å². The number of hydrogen-bond donors (Lipinski definition) is 2. The summed E-state index contributed by atoms with van der Waals surface area (Å²) >= 11 is 0. The average molecular weight is 288 g/mol. The number of hydrogen-bond acceptors (Lipinski definition) is 6. The number of nitrogens with two attached hydrogens (primary N) is 1. The predicted octanol–water partition coefficient (Wildman–Crippen LogP) is 2.19. The van der Waals surface area contributed by atoms with Crippen LogP contribution >= 0.6 is 0 Å². The van der Waals surface area contributed by atoms with Gasteiger partial charge in [-0.2, -0.15) is 0 Å². The molecule has 1 aromatic carbocycles. The van der Waals surface area contributed by atoms with Gasteiger partial charge >= 0.3 is 0 Å². The Morgan fingerprint density at radius 3 is 2.81 bits per heavy atom. The van der Waals surface area contributed by atoms with Crippen molar-refractivity contribution in [3.8, 4) is 11.6 Å². The zero-order valence-corrected chi connectivity index (χ0v) is 11.1. The van der Waals surface area contributed by atoms with Gasteiger partial charge in [0, 0.05) is 30.0 Å². The summed E-state index contributed by atoms with van der Waals surface area (Å²) in [4.78, 5) is 14.2. The van der Waals surface area contributed by atoms with E-state index in [0.717, 1.165) is 0 Å². The number of pyridine rings is 1. The van der Waals surface area contributed by atoms with Gasteiger partial charge in [0.05, 0.1) is 4.92 Å². The molecule has 0 bridgehead atoms. The maximum Gasteiger partial charge on any atom is 0.269 e. The molecule has 0 saturated heterocycles. The Morgan fingerprint density at radius 2 is 2.19 bits per heavy atom. The van der Waals surface area contributed by atoms with Gasteiger partial charge in [0.2, 0.25) is 5.88 Å². The molecule has 0 aliphatic heterocycles. The van der Waals surface area contributed by atoms with Crippen LogP contribution < -0.4 is 10.5 Å². The fourth-order valence-corrected chi connectivity index (χ4v) is 1.66. The van der Waals surface area contributed by atoms with Gasteiger partial charge in [-0.3, -0.25) is 10.1 Å². The van der Waals surface area contributed by atoms with E-state index in [9.17, 15) is 10.1 Å². The number of ether oxygens (including phenoxy) is 1. The maximum absolute atomic E-state index is 10.7. The van der Waals surface area contributed by atoms with Crippen LogP contribution in [-0.4, -0.2) is 21.0 Å². The zero-order chi connectivity index (χ0) is 15.4. The first-order valence-electron chi connectivity index (χ1n) is 5.88. The van der Waals surface area contributed by atoms with Crippen molar-refractivity contribution < 1.29 is 14.9 Å². The Kier molecular flexibility index (Phi) is 3.98. The third-order valence-corrected chi connectivity index (χ3v) is 2.72. The van der Waals surface area contributed by atoms with Gasteiger partial charge in [0.15, 0.2) is 5.84 Å². The van der Waals surface area contributed by atoms with Gasteiger partial charge in [-0.05, 0) is 24.6 Å². The van der Waals surface area contributed by atoms with E-state index in [4.69, 9.17) is 15.7 Å². The molecule has 2 aromatic rings. The zero-order valence-electron chi connectivity index (χ0n) is 11.1. The molecule has 0 aliphatic rings. The second-order valence-electron chi connectivity index (χ2n) is 4.18. The highest BCUT2D eigenvalue weighted by Crippen LogP contribution is 2.27. The molecule has 1 aromatic heterocycles. The van der Waals surface area contributed by atoms with E-state index >= 15 is 0 Å². The number of nitrogens with zero attached hydrogens (tertiary/aromatic N) is 3. The van der Waals surface area contributed by atoms with Crippen molar-refractivity contribution in [1.82, 2.24) is 4.98 Å². The number of non-ortho nitro benzene ring substituents is 1. The van der Waals surface area contributed by atoms with Crippen LogP contribution in [-0.2, 0) is 0 Å². The van der Waals surface area contributed by atoms with E-state index in [0.29, 0.717) is 16.9 Å². The fraction of sp³-hybridized carbons (Fsp3) is 0.0769. The van der Waals surface area contributed by atoms with Gasteiger partial charge in [0.25, 0.3) is 5.69 Å². The van der Waals surface area contributed by atoms with Crippen LogP contribution in [0.5, 0.6) is 11.6 Å². The summed E-state index contributed by atoms with van der Waals surface area (Å²) < 4.78 is 5.55. The lowest BCUT2D eigenvalue weighted by molar-refractivity contribution is -0.384. The number of nitro groups is 1. The van der Waals surface area contributed by atoms with Crippen molar-refractivity contribution in [2.45, 2.75) is 6.92 Å². The van der Waals surface area contributed by atoms with Gasteiger partial charge in [0.1, 0.15) is 5.75 Å². The number of aryl methyl sites for hydroxylation is 1. The molecule has 8 nitrogen and oxygen atoms in total. The lowest BCUT2D eigenvalue weighted by atomic mass is 10.2. The first-order chi connectivity index (χ1) is 10.0. The molecule has 21 heavy (non-hydrogen) atoms. The number of oxime groups is 1. The Bertz CT molecular complexity index is 715. The minimum absolute atomic E-state index is 0.0155. The highest BCUT2D eigenvalue weighted by molar-refractivity contribution is 5.97. The molecule has 2 rings (SSSR count). The Balaban J connectivity index is 2.28. The standard InChI is InChI=1S/C13H12N4O4/c1-8-6-10(17(19)20)2-3-11(8)21-12-7-9(4-5-15-12)13(14)16-18/h2-7,18H,1H3,(H2,14,16). The van der Waals surface area contributed by atoms with E-state index in [-0.39, 0.29) is 17.4 Å². The quantitative estimate of drug-likeness (QED) is 0.292. The van der Waals surface area contributed by atoms with Gasteiger partial charge in [-0.15, -0.1) is 0 Å². The molecule has 8 heteroatoms. The molecule has 0 spiro atoms. The molecule has 1 heterocycles. The third-order valence-electron chi connectivity index (χ3n) is 2.72. The maximum atomic E-state index is 10.7. The van der Waals surface area contributed by atoms with E-state index in [1.54, 1.807) is 13.0 Å². The van der Waals surface area contributed by atoms with Crippen molar-refractivity contribution in [2.75, 3.05) is 0 Å². The molecule has 0 unspecified atom stereocenters. The predicted molar refractivity (Wildman–Crippen MR) is 74.7 cm³/mol. The monoisotopic (exact) mass is 288 g/mol. The highest BCUT2D eigenvalue weighted by atomic mass is 16.6. The van der Waals surface area contributed by atoms with Crippen molar-refractivity contribution in [1.29, 1.82) is 0 Å². The molecule has 0 radical (unpaired) electrons. The normalized spacial score (nSPS) is 11.2. The average Bonchev–Trinajstić information content (AvgIpc) is 2.48. The minimum atomic E-state index is -0.478. The Labute approximate surface area is 119 Å². The van der Waals surface area contributed by atoms with Crippen molar-refractivity contribution in [2.24, 2.45) is 10.9 Å². The third kappa shape index (κ3) is 3.24. The smallest absolute Gasteiger partial charge is 0.269 e. The van der Waals surface area contributed by atoms with E-state index in [1.807, 2.05) is 0 Å². The lowest BCUT2D eigenvalue weighted by Gasteiger charge is -2.08. The van der Waals surface area contributed by atoms with E-state index in [1.165, 1.54) is 30.5 Å². The van der Waals surface area contributed by atoms with Gasteiger partial charge in [-0.25, -0.2) is 4.98 Å². The first kappa shape index (κ1) is 14.3. The molecule has 0 fully saturated rings. The number of nitro benzene ring substituents is 1. The van der Waals surface area contributed by atoms with Gasteiger partial charge < -0.3 is 15.7 Å². The molecule has 0 saturated carbocycles. The fourth-order valence-electron chi connectivity index (χ4n) is 1.66. The molecule has 0 aliphatic carbocycles. The van der Waals surface area contributed by atoms with Crippen molar-refractivity contribution in [3.63, 3.8) is 0 Å². The van der Waals surface area contributed by atoms with Crippen LogP contribution in [0.4, 0.5) is 5.69 Å². The number of aromatic nitrogens is 1. The molecule has 3 N–H and O–H groups in total. The van der Waals surface area contributed by atoms with Crippen LogP contribution in [0.2, 0.25) is 0 Å². The number of rotatable bonds is 4. The Morgan fingerprint density at radius 1 is 1.43 bits per heavy atom. The summed E-state index contributed by atoms with van der Waals surface area (Å²) in [6.45, 7) is 1.69. The first-order valence-corrected chi connectivity index (χ1v) is 5.88. The second-order valence-corrected chi connectivity index (χ2v) is 4.18. The molecule has 0 atom stereocenters. The van der Waals surface area contributed by atoms with Crippen LogP contribution in [0.25, 0.3) is 0 Å². The van der Waals surface area contributed by atoms with Crippen molar-refractivity contribution in [3.05, 3.63) is 57.8 Å². The summed E-state index contributed by atoms with van der Waals surface area (Å²) in [5.74, 6) is 0.600. The minimum Gasteiger partial charge on any atom is -0.439 e. The number of amidine groups is 1. The topological polar surface area (TPSA) is 124 Å². The van der Waals surface area contributed by atoms with Gasteiger partial charge in [-0.1, -0.05) is 5.16 Å². The Hall–Kier alpha value is -3.16. The summed E-state index contributed by atoms with van der Waals surface area (Å²) in [7, 11) is 0. The summed E-state index contributed by atoms with van der Waals surface area (Å²) in [5, 5.41) is 22.2. The van der Waals surface area contributed by atoms with Crippen LogP contribution in [0, 0.1) is 17.0 Å². The molecular formula is C13H12N4O4.